The van der Waals surface area contributed by atoms with Gasteiger partial charge in [0.25, 0.3) is 0 Å². The molecule has 0 saturated carbocycles. The first kappa shape index (κ1) is 24.8. The van der Waals surface area contributed by atoms with E-state index in [1.807, 2.05) is 23.0 Å². The molecule has 0 N–H and O–H groups in total. The third-order valence-corrected chi connectivity index (χ3v) is 6.86. The van der Waals surface area contributed by atoms with Crippen LogP contribution in [-0.4, -0.2) is 115 Å². The topological polar surface area (TPSA) is 93.4 Å². The first-order valence-electron chi connectivity index (χ1n) is 12.8. The standard InChI is InChI=1S/C25H36N8O3/c1-34-15-16-36-18-17-35-14-13-30-9-11-31(12-10-30)24-23-3-2-7-33(23)29-25(28-24)32-8-4-21(20-32)22-19-26-5-6-27-22/h2-3,5-7,19,21H,4,8-18,20H2,1H3. The number of hydrogen-bond acceptors (Lipinski definition) is 10. The summed E-state index contributed by atoms with van der Waals surface area (Å²) in [6.07, 6.45) is 8.40. The molecule has 3 aromatic rings. The first-order chi connectivity index (χ1) is 17.8. The molecule has 0 amide bonds. The smallest absolute Gasteiger partial charge is 0.245 e. The lowest BCUT2D eigenvalue weighted by Gasteiger charge is -2.35. The van der Waals surface area contributed by atoms with E-state index in [4.69, 9.17) is 24.3 Å². The van der Waals surface area contributed by atoms with E-state index >= 15 is 0 Å². The van der Waals surface area contributed by atoms with Crippen LogP contribution in [0.25, 0.3) is 5.52 Å². The minimum Gasteiger partial charge on any atom is -0.382 e. The normalized spacial score (nSPS) is 19.0. The molecule has 3 aromatic heterocycles. The summed E-state index contributed by atoms with van der Waals surface area (Å²) < 4.78 is 18.1. The van der Waals surface area contributed by atoms with Gasteiger partial charge in [0.2, 0.25) is 5.95 Å². The van der Waals surface area contributed by atoms with E-state index in [-0.39, 0.29) is 0 Å². The zero-order valence-electron chi connectivity index (χ0n) is 21.0. The molecular formula is C25H36N8O3. The van der Waals surface area contributed by atoms with Crippen molar-refractivity contribution in [2.45, 2.75) is 12.3 Å². The molecule has 2 aliphatic heterocycles. The van der Waals surface area contributed by atoms with Gasteiger partial charge in [-0.2, -0.15) is 4.98 Å². The van der Waals surface area contributed by atoms with Gasteiger partial charge in [0, 0.05) is 83.6 Å². The summed E-state index contributed by atoms with van der Waals surface area (Å²) in [6.45, 7) is 9.71. The van der Waals surface area contributed by atoms with Crippen molar-refractivity contribution in [2.75, 3.05) is 95.8 Å². The van der Waals surface area contributed by atoms with Gasteiger partial charge >= 0.3 is 0 Å². The fourth-order valence-electron chi connectivity index (χ4n) is 4.82. The second-order valence-electron chi connectivity index (χ2n) is 9.18. The SMILES string of the molecule is COCCOCCOCCN1CCN(c2nc(N3CCC(c4cnccn4)C3)nn3cccc23)CC1. The molecule has 2 fully saturated rings. The van der Waals surface area contributed by atoms with E-state index < -0.39 is 0 Å². The van der Waals surface area contributed by atoms with Crippen molar-refractivity contribution in [3.63, 3.8) is 0 Å². The number of rotatable bonds is 12. The molecule has 36 heavy (non-hydrogen) atoms. The quantitative estimate of drug-likeness (QED) is 0.342. The highest BCUT2D eigenvalue weighted by molar-refractivity contribution is 5.70. The lowest BCUT2D eigenvalue weighted by atomic mass is 10.1. The second-order valence-corrected chi connectivity index (χ2v) is 9.18. The van der Waals surface area contributed by atoms with Gasteiger partial charge in [0.05, 0.1) is 38.7 Å². The van der Waals surface area contributed by atoms with Crippen molar-refractivity contribution in [3.05, 3.63) is 42.6 Å². The van der Waals surface area contributed by atoms with Gasteiger partial charge < -0.3 is 24.0 Å². The molecule has 0 bridgehead atoms. The van der Waals surface area contributed by atoms with Crippen LogP contribution in [0.5, 0.6) is 0 Å². The van der Waals surface area contributed by atoms with Crippen LogP contribution >= 0.6 is 0 Å². The van der Waals surface area contributed by atoms with Gasteiger partial charge in [-0.05, 0) is 18.6 Å². The number of hydrogen-bond donors (Lipinski definition) is 0. The van der Waals surface area contributed by atoms with Crippen molar-refractivity contribution in [1.29, 1.82) is 0 Å². The Labute approximate surface area is 212 Å². The van der Waals surface area contributed by atoms with E-state index in [1.165, 1.54) is 0 Å². The molecular weight excluding hydrogens is 460 g/mol. The maximum atomic E-state index is 5.73. The molecule has 0 aliphatic carbocycles. The Hall–Kier alpha value is -2.86. The van der Waals surface area contributed by atoms with Gasteiger partial charge in [-0.15, -0.1) is 5.10 Å². The highest BCUT2D eigenvalue weighted by atomic mass is 16.5. The molecule has 5 heterocycles. The zero-order chi connectivity index (χ0) is 24.6. The highest BCUT2D eigenvalue weighted by Crippen LogP contribution is 2.30. The first-order valence-corrected chi connectivity index (χ1v) is 12.8. The highest BCUT2D eigenvalue weighted by Gasteiger charge is 2.28. The Balaban J connectivity index is 1.15. The maximum absolute atomic E-state index is 5.73. The fraction of sp³-hybridized carbons (Fsp3) is 0.600. The number of aromatic nitrogens is 5. The molecule has 11 nitrogen and oxygen atoms in total. The number of nitrogens with zero attached hydrogens (tertiary/aromatic N) is 8. The molecule has 0 radical (unpaired) electrons. The minimum atomic E-state index is 0.355. The van der Waals surface area contributed by atoms with E-state index in [0.29, 0.717) is 32.3 Å². The predicted octanol–water partition coefficient (Wildman–Crippen LogP) is 1.31. The summed E-state index contributed by atoms with van der Waals surface area (Å²) >= 11 is 0. The van der Waals surface area contributed by atoms with Crippen molar-refractivity contribution in [2.24, 2.45) is 0 Å². The number of anilines is 2. The van der Waals surface area contributed by atoms with Crippen molar-refractivity contribution in [3.8, 4) is 0 Å². The molecule has 2 saturated heterocycles. The van der Waals surface area contributed by atoms with Gasteiger partial charge in [-0.3, -0.25) is 14.9 Å². The number of piperazine rings is 1. The Morgan fingerprint density at radius 1 is 0.944 bits per heavy atom. The summed E-state index contributed by atoms with van der Waals surface area (Å²) in [6, 6.07) is 4.14. The van der Waals surface area contributed by atoms with Gasteiger partial charge in [0.15, 0.2) is 5.82 Å². The molecule has 1 atom stereocenters. The lowest BCUT2D eigenvalue weighted by molar-refractivity contribution is 0.0192. The maximum Gasteiger partial charge on any atom is 0.245 e. The third kappa shape index (κ3) is 6.09. The largest absolute Gasteiger partial charge is 0.382 e. The fourth-order valence-corrected chi connectivity index (χ4v) is 4.82. The van der Waals surface area contributed by atoms with E-state index in [0.717, 1.165) is 81.8 Å². The van der Waals surface area contributed by atoms with Crippen LogP contribution in [0, 0.1) is 0 Å². The van der Waals surface area contributed by atoms with Crippen LogP contribution in [0.4, 0.5) is 11.8 Å². The molecule has 11 heteroatoms. The number of methoxy groups -OCH3 is 1. The second kappa shape index (κ2) is 12.4. The summed E-state index contributed by atoms with van der Waals surface area (Å²) in [5.74, 6) is 2.15. The van der Waals surface area contributed by atoms with Crippen molar-refractivity contribution >= 4 is 17.3 Å². The van der Waals surface area contributed by atoms with Crippen LogP contribution in [-0.2, 0) is 14.2 Å². The summed E-state index contributed by atoms with van der Waals surface area (Å²) in [4.78, 5) is 20.9. The molecule has 2 aliphatic rings. The van der Waals surface area contributed by atoms with Gasteiger partial charge in [-0.25, -0.2) is 4.52 Å². The monoisotopic (exact) mass is 496 g/mol. The van der Waals surface area contributed by atoms with E-state index in [1.54, 1.807) is 19.5 Å². The molecule has 1 unspecified atom stereocenters. The number of fused-ring (bicyclic) bond motifs is 1. The molecule has 194 valence electrons. The summed E-state index contributed by atoms with van der Waals surface area (Å²) in [7, 11) is 1.68. The Bertz CT molecular complexity index is 1070. The van der Waals surface area contributed by atoms with Crippen molar-refractivity contribution < 1.29 is 14.2 Å². The van der Waals surface area contributed by atoms with E-state index in [9.17, 15) is 0 Å². The van der Waals surface area contributed by atoms with Crippen LogP contribution in [0.15, 0.2) is 36.9 Å². The van der Waals surface area contributed by atoms with Crippen LogP contribution in [0.1, 0.15) is 18.0 Å². The Kier molecular flexibility index (Phi) is 8.55. The Morgan fingerprint density at radius 3 is 2.58 bits per heavy atom. The van der Waals surface area contributed by atoms with Crippen LogP contribution in [0.3, 0.4) is 0 Å². The van der Waals surface area contributed by atoms with Gasteiger partial charge in [0.1, 0.15) is 5.52 Å². The van der Waals surface area contributed by atoms with Crippen LogP contribution in [0.2, 0.25) is 0 Å². The average Bonchev–Trinajstić information content (AvgIpc) is 3.61. The predicted molar refractivity (Wildman–Crippen MR) is 137 cm³/mol. The van der Waals surface area contributed by atoms with Crippen LogP contribution < -0.4 is 9.80 Å². The average molecular weight is 497 g/mol. The lowest BCUT2D eigenvalue weighted by Crippen LogP contribution is -2.48. The number of ether oxygens (including phenoxy) is 3. The Morgan fingerprint density at radius 2 is 1.78 bits per heavy atom. The summed E-state index contributed by atoms with van der Waals surface area (Å²) in [5.41, 5.74) is 2.09. The molecule has 0 aromatic carbocycles. The van der Waals surface area contributed by atoms with Gasteiger partial charge in [-0.1, -0.05) is 0 Å². The molecule has 5 rings (SSSR count). The molecule has 0 spiro atoms. The zero-order valence-corrected chi connectivity index (χ0v) is 21.0. The summed E-state index contributed by atoms with van der Waals surface area (Å²) in [5, 5.41) is 4.82. The third-order valence-electron chi connectivity index (χ3n) is 6.86. The minimum absolute atomic E-state index is 0.355. The van der Waals surface area contributed by atoms with E-state index in [2.05, 4.69) is 30.7 Å². The van der Waals surface area contributed by atoms with Crippen molar-refractivity contribution in [1.82, 2.24) is 29.5 Å².